The van der Waals surface area contributed by atoms with E-state index in [-0.39, 0.29) is 14.9 Å². The van der Waals surface area contributed by atoms with Crippen molar-refractivity contribution >= 4 is 0 Å². The number of rotatable bonds is 0. The van der Waals surface area contributed by atoms with Crippen LogP contribution in [-0.4, -0.2) is 26.0 Å². The van der Waals surface area contributed by atoms with Crippen molar-refractivity contribution in [3.63, 3.8) is 0 Å². The Hall–Kier alpha value is -0.0400. The molecule has 0 heterocycles. The third-order valence-corrected chi connectivity index (χ3v) is 0. The van der Waals surface area contributed by atoms with Gasteiger partial charge in [0.25, 0.3) is 0 Å². The van der Waals surface area contributed by atoms with Crippen LogP contribution in [0.1, 0.15) is 35.1 Å². The average Bonchev–Trinajstić information content (AvgIpc) is 1.33. The second kappa shape index (κ2) is 24.6. The molecule has 0 N–H and O–H groups in total. The normalized spacial score (nSPS) is 6.00. The lowest BCUT2D eigenvalue weighted by Gasteiger charge is -1.90. The van der Waals surface area contributed by atoms with Crippen molar-refractivity contribution in [2.75, 3.05) is 21.1 Å². The zero-order chi connectivity index (χ0) is 6.28. The van der Waals surface area contributed by atoms with E-state index in [1.807, 2.05) is 26.0 Å². The fourth-order valence-corrected chi connectivity index (χ4v) is 0. The number of hydrogen-bond donors (Lipinski definition) is 0. The van der Waals surface area contributed by atoms with Crippen LogP contribution in [0, 0.1) is 0 Å². The molecule has 0 rings (SSSR count). The van der Waals surface area contributed by atoms with Crippen LogP contribution in [0.4, 0.5) is 0 Å². The Morgan fingerprint density at radius 3 is 0.889 bits per heavy atom. The summed E-state index contributed by atoms with van der Waals surface area (Å²) in [5.41, 5.74) is 0. The van der Waals surface area contributed by atoms with Gasteiger partial charge in [-0.25, -0.2) is 0 Å². The molecule has 0 aliphatic rings. The van der Waals surface area contributed by atoms with Gasteiger partial charge in [-0.15, -0.1) is 0 Å². The zero-order valence-electron chi connectivity index (χ0n) is 6.15. The summed E-state index contributed by atoms with van der Waals surface area (Å²) < 4.78 is 0. The molecule has 0 aromatic heterocycles. The van der Waals surface area contributed by atoms with Gasteiger partial charge in [-0.05, 0) is 21.1 Å². The molecule has 0 unspecified atom stereocenters. The van der Waals surface area contributed by atoms with Crippen molar-refractivity contribution in [2.45, 2.75) is 35.1 Å². The fourth-order valence-electron chi connectivity index (χ4n) is 0. The SMILES string of the molecule is C.C.CCC.CN(C)C. The van der Waals surface area contributed by atoms with E-state index in [9.17, 15) is 0 Å². The Kier molecular flexibility index (Phi) is 63.0. The van der Waals surface area contributed by atoms with Crippen molar-refractivity contribution in [2.24, 2.45) is 0 Å². The third-order valence-electron chi connectivity index (χ3n) is 0. The molecule has 0 saturated heterocycles. The molecule has 9 heavy (non-hydrogen) atoms. The lowest BCUT2D eigenvalue weighted by atomic mass is 10.6. The molecule has 1 heteroatoms. The van der Waals surface area contributed by atoms with Gasteiger partial charge in [-0.2, -0.15) is 0 Å². The second-order valence-corrected chi connectivity index (χ2v) is 2.05. The highest BCUT2D eigenvalue weighted by Gasteiger charge is 1.58. The van der Waals surface area contributed by atoms with Crippen molar-refractivity contribution in [1.29, 1.82) is 0 Å². The summed E-state index contributed by atoms with van der Waals surface area (Å²) in [6.45, 7) is 4.25. The molecule has 0 aromatic carbocycles. The van der Waals surface area contributed by atoms with Crippen molar-refractivity contribution < 1.29 is 0 Å². The van der Waals surface area contributed by atoms with Crippen LogP contribution >= 0.6 is 0 Å². The lowest BCUT2D eigenvalue weighted by Crippen LogP contribution is -1.99. The Labute approximate surface area is 62.1 Å². The van der Waals surface area contributed by atoms with E-state index < -0.39 is 0 Å². The summed E-state index contributed by atoms with van der Waals surface area (Å²) in [5, 5.41) is 0. The largest absolute Gasteiger partial charge is 0.312 e. The summed E-state index contributed by atoms with van der Waals surface area (Å²) in [6.07, 6.45) is 1.25. The predicted octanol–water partition coefficient (Wildman–Crippen LogP) is 2.87. The van der Waals surface area contributed by atoms with Gasteiger partial charge in [-0.1, -0.05) is 35.1 Å². The van der Waals surface area contributed by atoms with Crippen LogP contribution in [0.3, 0.4) is 0 Å². The van der Waals surface area contributed by atoms with E-state index in [1.165, 1.54) is 6.42 Å². The lowest BCUT2D eigenvalue weighted by molar-refractivity contribution is 0.505. The Morgan fingerprint density at radius 2 is 0.889 bits per heavy atom. The molecule has 1 nitrogen and oxygen atoms in total. The van der Waals surface area contributed by atoms with Gasteiger partial charge < -0.3 is 4.90 Å². The third kappa shape index (κ3) is 177000. The van der Waals surface area contributed by atoms with E-state index in [0.29, 0.717) is 0 Å². The molecule has 0 aliphatic carbocycles. The summed E-state index contributed by atoms with van der Waals surface area (Å²) in [4.78, 5) is 2.00. The van der Waals surface area contributed by atoms with Crippen LogP contribution in [0.5, 0.6) is 0 Å². The van der Waals surface area contributed by atoms with Gasteiger partial charge in [-0.3, -0.25) is 0 Å². The second-order valence-electron chi connectivity index (χ2n) is 2.05. The molecular weight excluding hydrogens is 110 g/mol. The zero-order valence-corrected chi connectivity index (χ0v) is 6.15. The predicted molar refractivity (Wildman–Crippen MR) is 49.0 cm³/mol. The van der Waals surface area contributed by atoms with Crippen LogP contribution in [0.2, 0.25) is 0 Å². The van der Waals surface area contributed by atoms with Gasteiger partial charge in [0.1, 0.15) is 0 Å². The molecule has 0 aliphatic heterocycles. The molecule has 0 fully saturated rings. The average molecular weight is 135 g/mol. The Balaban J connectivity index is -0.0000000233. The van der Waals surface area contributed by atoms with Crippen LogP contribution in [-0.2, 0) is 0 Å². The molecule has 0 aromatic rings. The fraction of sp³-hybridized carbons (Fsp3) is 1.00. The van der Waals surface area contributed by atoms with Crippen LogP contribution < -0.4 is 0 Å². The topological polar surface area (TPSA) is 3.24 Å². The standard InChI is InChI=1S/C3H9N.C3H8.2CH4/c1-4(2)3;1-3-2;;/h1-3H3;3H2,1-2H3;2*1H4. The highest BCUT2D eigenvalue weighted by atomic mass is 15.0. The Bertz CT molecular complexity index is 15.8. The van der Waals surface area contributed by atoms with Gasteiger partial charge in [0.05, 0.1) is 0 Å². The molecule has 0 spiro atoms. The summed E-state index contributed by atoms with van der Waals surface area (Å²) in [5.74, 6) is 0. The van der Waals surface area contributed by atoms with Crippen molar-refractivity contribution in [3.8, 4) is 0 Å². The summed E-state index contributed by atoms with van der Waals surface area (Å²) in [7, 11) is 6.00. The van der Waals surface area contributed by atoms with Crippen LogP contribution in [0.25, 0.3) is 0 Å². The molecule has 0 atom stereocenters. The first-order valence-electron chi connectivity index (χ1n) is 2.76. The molecular formula is C8H25N. The molecule has 62 valence electrons. The minimum atomic E-state index is 0. The highest BCUT2D eigenvalue weighted by Crippen LogP contribution is 1.56. The highest BCUT2D eigenvalue weighted by molar-refractivity contribution is 4.09. The van der Waals surface area contributed by atoms with E-state index in [0.717, 1.165) is 0 Å². The van der Waals surface area contributed by atoms with E-state index in [1.54, 1.807) is 0 Å². The first kappa shape index (κ1) is 23.1. The monoisotopic (exact) mass is 135 g/mol. The minimum absolute atomic E-state index is 0. The smallest absolute Gasteiger partial charge is 0.0140 e. The van der Waals surface area contributed by atoms with Gasteiger partial charge in [0.2, 0.25) is 0 Å². The molecule has 0 bridgehead atoms. The number of nitrogens with zero attached hydrogens (tertiary/aromatic N) is 1. The first-order valence-corrected chi connectivity index (χ1v) is 2.76. The minimum Gasteiger partial charge on any atom is -0.312 e. The first-order chi connectivity index (χ1) is 3.15. The van der Waals surface area contributed by atoms with E-state index >= 15 is 0 Å². The summed E-state index contributed by atoms with van der Waals surface area (Å²) >= 11 is 0. The molecule has 0 radical (unpaired) electrons. The maximum Gasteiger partial charge on any atom is -0.0140 e. The van der Waals surface area contributed by atoms with Gasteiger partial charge in [0, 0.05) is 0 Å². The summed E-state index contributed by atoms with van der Waals surface area (Å²) in [6, 6.07) is 0. The maximum atomic E-state index is 2.12. The molecule has 0 amide bonds. The quantitative estimate of drug-likeness (QED) is 0.493. The van der Waals surface area contributed by atoms with Crippen molar-refractivity contribution in [3.05, 3.63) is 0 Å². The number of hydrogen-bond acceptors (Lipinski definition) is 1. The van der Waals surface area contributed by atoms with Crippen LogP contribution in [0.15, 0.2) is 0 Å². The van der Waals surface area contributed by atoms with Crippen molar-refractivity contribution in [1.82, 2.24) is 4.90 Å². The van der Waals surface area contributed by atoms with Gasteiger partial charge in [0.15, 0.2) is 0 Å². The maximum absolute atomic E-state index is 2.12. The Morgan fingerprint density at radius 1 is 0.889 bits per heavy atom. The molecule has 0 saturated carbocycles. The van der Waals surface area contributed by atoms with Gasteiger partial charge >= 0.3 is 0 Å². The van der Waals surface area contributed by atoms with E-state index in [4.69, 9.17) is 0 Å². The van der Waals surface area contributed by atoms with E-state index in [2.05, 4.69) is 13.8 Å².